The van der Waals surface area contributed by atoms with Gasteiger partial charge in [-0.25, -0.2) is 4.79 Å². The summed E-state index contributed by atoms with van der Waals surface area (Å²) in [6.45, 7) is 2.69. The number of methoxy groups -OCH3 is 1. The smallest absolute Gasteiger partial charge is 0.450 e. The molecule has 6 heteroatoms. The number of fused-ring (bicyclic) bond motifs is 4. The number of aromatic nitrogens is 1. The Labute approximate surface area is 158 Å². The maximum absolute atomic E-state index is 11.8. The molecule has 1 aromatic carbocycles. The molecule has 2 N–H and O–H groups in total. The highest BCUT2D eigenvalue weighted by molar-refractivity contribution is 5.85. The Morgan fingerprint density at radius 3 is 3.07 bits per heavy atom. The van der Waals surface area contributed by atoms with Gasteiger partial charge in [0.05, 0.1) is 11.7 Å². The van der Waals surface area contributed by atoms with Crippen LogP contribution in [0.4, 0.5) is 4.79 Å². The van der Waals surface area contributed by atoms with Crippen LogP contribution in [0.3, 0.4) is 0 Å². The maximum Gasteiger partial charge on any atom is 0.506 e. The van der Waals surface area contributed by atoms with Crippen LogP contribution in [0.5, 0.6) is 0 Å². The Morgan fingerprint density at radius 2 is 2.26 bits per heavy atom. The molecule has 2 saturated heterocycles. The molecular weight excluding hydrogens is 344 g/mol. The number of nitrogens with zero attached hydrogens (tertiary/aromatic N) is 1. The van der Waals surface area contributed by atoms with Crippen molar-refractivity contribution in [3.63, 3.8) is 0 Å². The maximum atomic E-state index is 11.8. The Kier molecular flexibility index (Phi) is 3.95. The van der Waals surface area contributed by atoms with Gasteiger partial charge in [-0.05, 0) is 49.1 Å². The van der Waals surface area contributed by atoms with Crippen molar-refractivity contribution in [3.8, 4) is 0 Å². The lowest BCUT2D eigenvalue weighted by molar-refractivity contribution is -0.172. The van der Waals surface area contributed by atoms with Gasteiger partial charge in [-0.3, -0.25) is 4.90 Å². The molecule has 2 aromatic rings. The predicted octanol–water partition coefficient (Wildman–Crippen LogP) is 3.36. The lowest BCUT2D eigenvalue weighted by Gasteiger charge is -2.58. The molecule has 4 aliphatic rings. The zero-order valence-electron chi connectivity index (χ0n) is 15.6. The van der Waals surface area contributed by atoms with E-state index < -0.39 is 11.8 Å². The molecule has 1 saturated carbocycles. The normalized spacial score (nSPS) is 34.3. The van der Waals surface area contributed by atoms with Crippen LogP contribution in [-0.4, -0.2) is 54.0 Å². The summed E-state index contributed by atoms with van der Waals surface area (Å²) in [6, 6.07) is 8.34. The number of carboxylic acid groups (broad SMARTS) is 1. The van der Waals surface area contributed by atoms with Gasteiger partial charge in [-0.2, -0.15) is 0 Å². The molecule has 6 rings (SSSR count). The second kappa shape index (κ2) is 6.24. The van der Waals surface area contributed by atoms with E-state index in [4.69, 9.17) is 9.47 Å². The first-order valence-electron chi connectivity index (χ1n) is 9.87. The van der Waals surface area contributed by atoms with Gasteiger partial charge in [0.15, 0.2) is 5.60 Å². The van der Waals surface area contributed by atoms with E-state index >= 15 is 0 Å². The summed E-state index contributed by atoms with van der Waals surface area (Å²) in [7, 11) is 1.73. The number of nitrogens with one attached hydrogen (secondary N) is 1. The van der Waals surface area contributed by atoms with Crippen LogP contribution in [0.2, 0.25) is 0 Å². The zero-order chi connectivity index (χ0) is 18.6. The number of para-hydroxylation sites is 1. The molecule has 1 aromatic heterocycles. The van der Waals surface area contributed by atoms with Crippen molar-refractivity contribution in [1.29, 1.82) is 0 Å². The molecule has 3 aliphatic heterocycles. The third-order valence-electron chi connectivity index (χ3n) is 6.89. The summed E-state index contributed by atoms with van der Waals surface area (Å²) in [4.78, 5) is 17.9. The number of piperidine rings is 2. The number of H-pyrrole nitrogens is 1. The summed E-state index contributed by atoms with van der Waals surface area (Å²) in [5.74, 6) is 0.836. The fourth-order valence-corrected chi connectivity index (χ4v) is 6.16. The molecule has 4 bridgehead atoms. The molecule has 1 aliphatic carbocycles. The Bertz CT molecular complexity index is 878. The van der Waals surface area contributed by atoms with Crippen molar-refractivity contribution >= 4 is 17.1 Å². The molecule has 27 heavy (non-hydrogen) atoms. The topological polar surface area (TPSA) is 74.8 Å². The van der Waals surface area contributed by atoms with E-state index in [0.29, 0.717) is 18.4 Å². The Hall–Kier alpha value is -2.05. The van der Waals surface area contributed by atoms with Crippen LogP contribution < -0.4 is 0 Å². The van der Waals surface area contributed by atoms with E-state index in [-0.39, 0.29) is 6.04 Å². The number of aromatic amines is 1. The van der Waals surface area contributed by atoms with Crippen LogP contribution in [-0.2, 0) is 21.5 Å². The number of benzene rings is 1. The van der Waals surface area contributed by atoms with Crippen molar-refractivity contribution in [3.05, 3.63) is 35.5 Å². The second-order valence-electron chi connectivity index (χ2n) is 8.32. The lowest BCUT2D eigenvalue weighted by Crippen LogP contribution is -2.65. The minimum absolute atomic E-state index is 0.0723. The number of rotatable bonds is 4. The van der Waals surface area contributed by atoms with Gasteiger partial charge in [0, 0.05) is 37.7 Å². The molecule has 5 atom stereocenters. The van der Waals surface area contributed by atoms with Crippen LogP contribution in [0.1, 0.15) is 30.5 Å². The summed E-state index contributed by atoms with van der Waals surface area (Å²) < 4.78 is 11.2. The van der Waals surface area contributed by atoms with Crippen molar-refractivity contribution in [2.24, 2.45) is 11.8 Å². The van der Waals surface area contributed by atoms with E-state index in [1.54, 1.807) is 7.11 Å². The molecule has 4 heterocycles. The summed E-state index contributed by atoms with van der Waals surface area (Å²) in [6.07, 6.45) is 2.58. The first-order chi connectivity index (χ1) is 13.1. The first kappa shape index (κ1) is 17.1. The molecule has 6 nitrogen and oxygen atoms in total. The number of carbonyl (C=O) groups is 1. The molecule has 144 valence electrons. The third-order valence-corrected chi connectivity index (χ3v) is 6.89. The van der Waals surface area contributed by atoms with Crippen LogP contribution in [0.25, 0.3) is 10.9 Å². The SMILES string of the molecule is COCCC1CC2CN3CCc4c([nH]c5ccccc45)C(OC(=O)O)(C2)C13. The molecule has 3 fully saturated rings. The highest BCUT2D eigenvalue weighted by Gasteiger charge is 2.61. The van der Waals surface area contributed by atoms with E-state index in [2.05, 4.69) is 22.0 Å². The van der Waals surface area contributed by atoms with Gasteiger partial charge >= 0.3 is 6.16 Å². The number of hydrogen-bond acceptors (Lipinski definition) is 4. The average molecular weight is 370 g/mol. The van der Waals surface area contributed by atoms with Crippen molar-refractivity contribution in [2.75, 3.05) is 26.8 Å². The highest BCUT2D eigenvalue weighted by atomic mass is 16.7. The van der Waals surface area contributed by atoms with Crippen molar-refractivity contribution in [2.45, 2.75) is 37.3 Å². The first-order valence-corrected chi connectivity index (χ1v) is 9.87. The van der Waals surface area contributed by atoms with Crippen LogP contribution in [0.15, 0.2) is 24.3 Å². The van der Waals surface area contributed by atoms with Gasteiger partial charge in [-0.1, -0.05) is 18.2 Å². The van der Waals surface area contributed by atoms with Crippen LogP contribution in [0, 0.1) is 11.8 Å². The minimum Gasteiger partial charge on any atom is -0.450 e. The number of hydrogen-bond donors (Lipinski definition) is 2. The summed E-state index contributed by atoms with van der Waals surface area (Å²) >= 11 is 0. The molecule has 0 radical (unpaired) electrons. The molecule has 5 unspecified atom stereocenters. The van der Waals surface area contributed by atoms with E-state index in [9.17, 15) is 9.90 Å². The standard InChI is InChI=1S/C21H26N2O4/c1-26-9-7-14-10-13-11-21(27-20(24)25)18-16(6-8-23(12-13)19(14)21)15-4-2-3-5-17(15)22-18/h2-5,13-14,19,22H,6-12H2,1H3,(H,24,25). The fourth-order valence-electron chi connectivity index (χ4n) is 6.16. The Balaban J connectivity index is 1.70. The van der Waals surface area contributed by atoms with E-state index in [1.165, 1.54) is 10.9 Å². The molecule has 0 spiro atoms. The molecular formula is C21H26N2O4. The van der Waals surface area contributed by atoms with Gasteiger partial charge in [0.1, 0.15) is 0 Å². The minimum atomic E-state index is -1.18. The van der Waals surface area contributed by atoms with Crippen molar-refractivity contribution in [1.82, 2.24) is 9.88 Å². The Morgan fingerprint density at radius 1 is 1.41 bits per heavy atom. The van der Waals surface area contributed by atoms with Crippen molar-refractivity contribution < 1.29 is 19.4 Å². The van der Waals surface area contributed by atoms with E-state index in [1.807, 2.05) is 12.1 Å². The highest BCUT2D eigenvalue weighted by Crippen LogP contribution is 2.55. The number of ether oxygens (including phenoxy) is 2. The van der Waals surface area contributed by atoms with Gasteiger partial charge in [0.25, 0.3) is 0 Å². The lowest BCUT2D eigenvalue weighted by atomic mass is 9.62. The summed E-state index contributed by atoms with van der Waals surface area (Å²) in [5.41, 5.74) is 2.48. The largest absolute Gasteiger partial charge is 0.506 e. The van der Waals surface area contributed by atoms with Crippen LogP contribution >= 0.6 is 0 Å². The second-order valence-corrected chi connectivity index (χ2v) is 8.32. The van der Waals surface area contributed by atoms with Gasteiger partial charge in [-0.15, -0.1) is 0 Å². The van der Waals surface area contributed by atoms with Gasteiger partial charge in [0.2, 0.25) is 0 Å². The monoisotopic (exact) mass is 370 g/mol. The summed E-state index contributed by atoms with van der Waals surface area (Å²) in [5, 5.41) is 10.9. The predicted molar refractivity (Wildman–Crippen MR) is 101 cm³/mol. The average Bonchev–Trinajstić information content (AvgIpc) is 2.99. The van der Waals surface area contributed by atoms with Gasteiger partial charge < -0.3 is 19.6 Å². The fraction of sp³-hybridized carbons (Fsp3) is 0.571. The molecule has 0 amide bonds. The third kappa shape index (κ3) is 2.50. The zero-order valence-corrected chi connectivity index (χ0v) is 15.6. The van der Waals surface area contributed by atoms with E-state index in [0.717, 1.165) is 50.0 Å². The quantitative estimate of drug-likeness (QED) is 0.807.